The molecule has 1 saturated heterocycles. The van der Waals surface area contributed by atoms with Gasteiger partial charge in [-0.25, -0.2) is 8.78 Å². The first-order valence-electron chi connectivity index (χ1n) is 13.4. The van der Waals surface area contributed by atoms with Gasteiger partial charge in [-0.15, -0.1) is 0 Å². The van der Waals surface area contributed by atoms with Crippen LogP contribution in [0.1, 0.15) is 55.6 Å². The molecule has 6 nitrogen and oxygen atoms in total. The summed E-state index contributed by atoms with van der Waals surface area (Å²) < 4.78 is 26.8. The number of amides is 2. The number of aromatic nitrogens is 1. The molecule has 0 spiro atoms. The smallest absolute Gasteiger partial charge is 0.246 e. The van der Waals surface area contributed by atoms with Crippen LogP contribution in [0.25, 0.3) is 17.0 Å². The van der Waals surface area contributed by atoms with Crippen molar-refractivity contribution in [3.8, 4) is 0 Å². The van der Waals surface area contributed by atoms with Crippen LogP contribution in [0, 0.1) is 17.6 Å². The van der Waals surface area contributed by atoms with E-state index in [0.717, 1.165) is 31.7 Å². The number of benzene rings is 2. The van der Waals surface area contributed by atoms with E-state index in [0.29, 0.717) is 37.4 Å². The first-order chi connectivity index (χ1) is 18.4. The van der Waals surface area contributed by atoms with E-state index in [-0.39, 0.29) is 23.8 Å². The van der Waals surface area contributed by atoms with Crippen LogP contribution in [0.15, 0.2) is 54.7 Å². The molecule has 1 atom stereocenters. The number of nitrogens with zero attached hydrogens (tertiary/aromatic N) is 1. The molecular weight excluding hydrogens is 486 g/mol. The average Bonchev–Trinajstić information content (AvgIpc) is 3.34. The normalized spacial score (nSPS) is 21.7. The molecule has 2 amide bonds. The minimum absolute atomic E-state index is 0.0594. The minimum Gasteiger partial charge on any atom is -0.368 e. The number of piperidine rings is 1. The molecule has 1 aromatic heterocycles. The molecule has 1 aliphatic carbocycles. The van der Waals surface area contributed by atoms with E-state index in [1.54, 1.807) is 4.90 Å². The highest BCUT2D eigenvalue weighted by molar-refractivity contribution is 5.92. The van der Waals surface area contributed by atoms with Crippen molar-refractivity contribution in [2.75, 3.05) is 13.1 Å². The molecule has 4 N–H and O–H groups in total. The Morgan fingerprint density at radius 2 is 1.68 bits per heavy atom. The van der Waals surface area contributed by atoms with Crippen LogP contribution in [0.2, 0.25) is 0 Å². The molecule has 3 aromatic rings. The molecule has 2 heterocycles. The van der Waals surface area contributed by atoms with E-state index in [4.69, 9.17) is 5.73 Å². The Labute approximate surface area is 221 Å². The Morgan fingerprint density at radius 1 is 1.00 bits per heavy atom. The highest BCUT2D eigenvalue weighted by Crippen LogP contribution is 2.37. The third kappa shape index (κ3) is 5.96. The lowest BCUT2D eigenvalue weighted by atomic mass is 9.80. The zero-order valence-corrected chi connectivity index (χ0v) is 21.3. The Balaban J connectivity index is 1.12. The number of para-hydroxylation sites is 1. The molecule has 1 saturated carbocycles. The van der Waals surface area contributed by atoms with Gasteiger partial charge in [-0.2, -0.15) is 0 Å². The second-order valence-electron chi connectivity index (χ2n) is 10.6. The number of halogens is 2. The minimum atomic E-state index is -0.686. The van der Waals surface area contributed by atoms with E-state index in [2.05, 4.69) is 34.7 Å². The highest BCUT2D eigenvalue weighted by atomic mass is 19.1. The highest BCUT2D eigenvalue weighted by Gasteiger charge is 2.34. The summed E-state index contributed by atoms with van der Waals surface area (Å²) in [5.41, 5.74) is 8.66. The van der Waals surface area contributed by atoms with Crippen molar-refractivity contribution in [2.45, 2.75) is 56.5 Å². The molecule has 38 heavy (non-hydrogen) atoms. The number of carbonyl (C=O) groups is 2. The maximum Gasteiger partial charge on any atom is 0.246 e. The summed E-state index contributed by atoms with van der Waals surface area (Å²) in [5.74, 6) is -1.37. The van der Waals surface area contributed by atoms with Crippen molar-refractivity contribution in [1.82, 2.24) is 15.2 Å². The van der Waals surface area contributed by atoms with E-state index >= 15 is 0 Å². The van der Waals surface area contributed by atoms with Gasteiger partial charge in [-0.1, -0.05) is 18.2 Å². The van der Waals surface area contributed by atoms with E-state index in [1.165, 1.54) is 40.8 Å². The van der Waals surface area contributed by atoms with Gasteiger partial charge in [0.25, 0.3) is 0 Å². The van der Waals surface area contributed by atoms with Crippen molar-refractivity contribution in [2.24, 2.45) is 11.7 Å². The van der Waals surface area contributed by atoms with Gasteiger partial charge in [0.1, 0.15) is 11.6 Å². The third-order valence-corrected chi connectivity index (χ3v) is 8.14. The molecule has 0 radical (unpaired) electrons. The lowest BCUT2D eigenvalue weighted by molar-refractivity contribution is -0.128. The molecule has 2 fully saturated rings. The SMILES string of the molecule is NC(=O)[C@H](NC1CCC(c2c[nH]c3ccccc23)CC1)C1CCN(C(=O)/C=C/c2cc(F)cc(F)c2)CC1. The Bertz CT molecular complexity index is 1300. The maximum absolute atomic E-state index is 13.4. The topological polar surface area (TPSA) is 91.2 Å². The number of likely N-dealkylation sites (tertiary alicyclic amines) is 1. The van der Waals surface area contributed by atoms with Crippen LogP contribution in [0.5, 0.6) is 0 Å². The lowest BCUT2D eigenvalue weighted by Gasteiger charge is -2.38. The van der Waals surface area contributed by atoms with Crippen molar-refractivity contribution in [3.05, 3.63) is 77.5 Å². The molecule has 0 unspecified atom stereocenters. The number of nitrogens with two attached hydrogens (primary N) is 1. The Kier molecular flexibility index (Phi) is 7.88. The first kappa shape index (κ1) is 26.1. The molecule has 2 aliphatic rings. The lowest BCUT2D eigenvalue weighted by Crippen LogP contribution is -2.54. The van der Waals surface area contributed by atoms with Crippen molar-refractivity contribution in [3.63, 3.8) is 0 Å². The van der Waals surface area contributed by atoms with Crippen LogP contribution in [-0.4, -0.2) is 46.9 Å². The van der Waals surface area contributed by atoms with Crippen LogP contribution in [-0.2, 0) is 9.59 Å². The predicted molar refractivity (Wildman–Crippen MR) is 144 cm³/mol. The number of primary amides is 1. The van der Waals surface area contributed by atoms with Gasteiger partial charge < -0.3 is 20.9 Å². The van der Waals surface area contributed by atoms with Crippen LogP contribution in [0.3, 0.4) is 0 Å². The van der Waals surface area contributed by atoms with Crippen LogP contribution in [0.4, 0.5) is 8.78 Å². The van der Waals surface area contributed by atoms with Crippen LogP contribution >= 0.6 is 0 Å². The van der Waals surface area contributed by atoms with Crippen molar-refractivity contribution in [1.29, 1.82) is 0 Å². The molecule has 5 rings (SSSR count). The standard InChI is InChI=1S/C30H34F2N4O2/c31-22-15-19(16-23(32)17-22)5-10-28(37)36-13-11-21(12-14-36)29(30(33)38)35-24-8-6-20(7-9-24)26-18-34-27-4-2-1-3-25(26)27/h1-5,10,15-18,20-21,24,29,34-35H,6-9,11-14H2,(H2,33,38)/b10-5+/t20?,24?,29-/m1/s1. The summed E-state index contributed by atoms with van der Waals surface area (Å²) in [6, 6.07) is 11.4. The number of rotatable bonds is 7. The van der Waals surface area contributed by atoms with Gasteiger partial charge in [0.05, 0.1) is 6.04 Å². The van der Waals surface area contributed by atoms with Gasteiger partial charge in [0.2, 0.25) is 11.8 Å². The quantitative estimate of drug-likeness (QED) is 0.388. The molecular formula is C30H34F2N4O2. The molecule has 200 valence electrons. The van der Waals surface area contributed by atoms with Gasteiger partial charge in [-0.05, 0) is 85.8 Å². The molecule has 8 heteroatoms. The fraction of sp³-hybridized carbons (Fsp3) is 0.400. The van der Waals surface area contributed by atoms with Crippen molar-refractivity contribution < 1.29 is 18.4 Å². The largest absolute Gasteiger partial charge is 0.368 e. The number of aromatic amines is 1. The van der Waals surface area contributed by atoms with Gasteiger partial charge >= 0.3 is 0 Å². The second-order valence-corrected chi connectivity index (χ2v) is 10.6. The first-order valence-corrected chi connectivity index (χ1v) is 13.4. The fourth-order valence-electron chi connectivity index (χ4n) is 6.10. The number of carbonyl (C=O) groups excluding carboxylic acids is 2. The summed E-state index contributed by atoms with van der Waals surface area (Å²) in [6.45, 7) is 1.01. The predicted octanol–water partition coefficient (Wildman–Crippen LogP) is 4.87. The number of nitrogens with one attached hydrogen (secondary N) is 2. The Hall–Kier alpha value is -3.52. The number of hydrogen-bond donors (Lipinski definition) is 3. The average molecular weight is 521 g/mol. The summed E-state index contributed by atoms with van der Waals surface area (Å²) >= 11 is 0. The molecule has 1 aliphatic heterocycles. The monoisotopic (exact) mass is 520 g/mol. The molecule has 2 aromatic carbocycles. The third-order valence-electron chi connectivity index (χ3n) is 8.14. The fourth-order valence-corrected chi connectivity index (χ4v) is 6.10. The summed E-state index contributed by atoms with van der Waals surface area (Å²) in [6.07, 6.45) is 10.3. The van der Waals surface area contributed by atoms with E-state index in [9.17, 15) is 18.4 Å². The Morgan fingerprint density at radius 3 is 2.37 bits per heavy atom. The molecule has 0 bridgehead atoms. The number of hydrogen-bond acceptors (Lipinski definition) is 3. The van der Waals surface area contributed by atoms with Gasteiger partial charge in [0, 0.05) is 48.4 Å². The number of H-pyrrole nitrogens is 1. The maximum atomic E-state index is 13.4. The summed E-state index contributed by atoms with van der Waals surface area (Å²) in [5, 5.41) is 4.85. The number of fused-ring (bicyclic) bond motifs is 1. The zero-order valence-electron chi connectivity index (χ0n) is 21.3. The second kappa shape index (κ2) is 11.5. The zero-order chi connectivity index (χ0) is 26.6. The van der Waals surface area contributed by atoms with Gasteiger partial charge in [0.15, 0.2) is 0 Å². The van der Waals surface area contributed by atoms with Crippen LogP contribution < -0.4 is 11.1 Å². The van der Waals surface area contributed by atoms with E-state index in [1.807, 2.05) is 6.07 Å². The summed E-state index contributed by atoms with van der Waals surface area (Å²) in [4.78, 5) is 30.1. The van der Waals surface area contributed by atoms with Gasteiger partial charge in [-0.3, -0.25) is 9.59 Å². The van der Waals surface area contributed by atoms with E-state index < -0.39 is 17.7 Å². The van der Waals surface area contributed by atoms with Crippen molar-refractivity contribution >= 4 is 28.8 Å². The summed E-state index contributed by atoms with van der Waals surface area (Å²) in [7, 11) is 0.